The number of hydrogen-bond acceptors (Lipinski definition) is 4. The number of hydrogen-bond donors (Lipinski definition) is 1. The molecule has 3 aromatic rings. The first-order chi connectivity index (χ1) is 12.7. The molecule has 0 bridgehead atoms. The summed E-state index contributed by atoms with van der Waals surface area (Å²) in [4.78, 5) is 19.6. The van der Waals surface area contributed by atoms with Crippen molar-refractivity contribution in [2.45, 2.75) is 26.3 Å². The first-order valence-corrected chi connectivity index (χ1v) is 9.93. The molecule has 1 aromatic heterocycles. The summed E-state index contributed by atoms with van der Waals surface area (Å²) in [5.41, 5.74) is 3.17. The summed E-state index contributed by atoms with van der Waals surface area (Å²) in [7, 11) is 0. The molecule has 5 heteroatoms. The van der Waals surface area contributed by atoms with Gasteiger partial charge >= 0.3 is 0 Å². The number of likely N-dealkylation sites (tertiary alicyclic amines) is 1. The second-order valence-electron chi connectivity index (χ2n) is 6.96. The van der Waals surface area contributed by atoms with Gasteiger partial charge in [0, 0.05) is 18.8 Å². The summed E-state index contributed by atoms with van der Waals surface area (Å²) >= 11 is 1.66. The normalized spacial score (nSPS) is 18.1. The van der Waals surface area contributed by atoms with Crippen molar-refractivity contribution < 1.29 is 4.79 Å². The van der Waals surface area contributed by atoms with Crippen molar-refractivity contribution in [2.75, 3.05) is 18.4 Å². The molecule has 1 aliphatic rings. The van der Waals surface area contributed by atoms with E-state index in [9.17, 15) is 4.79 Å². The molecule has 26 heavy (non-hydrogen) atoms. The Balaban J connectivity index is 1.40. The fourth-order valence-electron chi connectivity index (χ4n) is 3.62. The molecule has 1 unspecified atom stereocenters. The lowest BCUT2D eigenvalue weighted by Gasteiger charge is -2.32. The zero-order chi connectivity index (χ0) is 17.9. The molecule has 0 radical (unpaired) electrons. The van der Waals surface area contributed by atoms with Crippen molar-refractivity contribution in [3.8, 4) is 0 Å². The summed E-state index contributed by atoms with van der Waals surface area (Å²) in [6.45, 7) is 4.80. The van der Waals surface area contributed by atoms with Gasteiger partial charge in [-0.25, -0.2) is 4.98 Å². The number of carbonyl (C=O) groups is 1. The smallest absolute Gasteiger partial charge is 0.228 e. The van der Waals surface area contributed by atoms with Gasteiger partial charge in [0.05, 0.1) is 21.1 Å². The van der Waals surface area contributed by atoms with Crippen LogP contribution in [-0.4, -0.2) is 28.9 Å². The quantitative estimate of drug-likeness (QED) is 0.743. The zero-order valence-electron chi connectivity index (χ0n) is 14.9. The van der Waals surface area contributed by atoms with E-state index in [1.165, 1.54) is 5.56 Å². The van der Waals surface area contributed by atoms with Crippen LogP contribution in [0.15, 0.2) is 48.5 Å². The maximum absolute atomic E-state index is 12.8. The van der Waals surface area contributed by atoms with Gasteiger partial charge in [-0.15, -0.1) is 11.3 Å². The predicted octanol–water partition coefficient (Wildman–Crippen LogP) is 4.46. The fourth-order valence-corrected chi connectivity index (χ4v) is 4.48. The Morgan fingerprint density at radius 3 is 2.96 bits per heavy atom. The van der Waals surface area contributed by atoms with Gasteiger partial charge in [0.1, 0.15) is 0 Å². The summed E-state index contributed by atoms with van der Waals surface area (Å²) in [5, 5.41) is 4.16. The molecule has 2 heterocycles. The third-order valence-corrected chi connectivity index (χ3v) is 5.82. The minimum absolute atomic E-state index is 0.0476. The average Bonchev–Trinajstić information content (AvgIpc) is 3.02. The first-order valence-electron chi connectivity index (χ1n) is 9.12. The predicted molar refractivity (Wildman–Crippen MR) is 107 cm³/mol. The number of rotatable bonds is 4. The number of carbonyl (C=O) groups excluding carboxylic acids is 1. The highest BCUT2D eigenvalue weighted by Gasteiger charge is 2.26. The molecule has 1 saturated heterocycles. The van der Waals surface area contributed by atoms with Crippen molar-refractivity contribution in [3.63, 3.8) is 0 Å². The Morgan fingerprint density at radius 2 is 2.12 bits per heavy atom. The van der Waals surface area contributed by atoms with Gasteiger partial charge in [0.15, 0.2) is 0 Å². The minimum atomic E-state index is 0.0476. The Morgan fingerprint density at radius 1 is 1.27 bits per heavy atom. The molecule has 4 rings (SSSR count). The number of nitrogens with one attached hydrogen (secondary N) is 1. The fraction of sp³-hybridized carbons (Fsp3) is 0.333. The van der Waals surface area contributed by atoms with Gasteiger partial charge in [-0.05, 0) is 50.1 Å². The second-order valence-corrected chi connectivity index (χ2v) is 8.20. The zero-order valence-corrected chi connectivity index (χ0v) is 15.8. The number of thiazole rings is 1. The number of piperidine rings is 1. The van der Waals surface area contributed by atoms with Crippen LogP contribution < -0.4 is 5.32 Å². The van der Waals surface area contributed by atoms with E-state index in [4.69, 9.17) is 0 Å². The van der Waals surface area contributed by atoms with Crippen LogP contribution in [0.25, 0.3) is 10.2 Å². The summed E-state index contributed by atoms with van der Waals surface area (Å²) < 4.78 is 1.12. The number of fused-ring (bicyclic) bond motifs is 1. The van der Waals surface area contributed by atoms with Crippen LogP contribution in [0.4, 0.5) is 5.69 Å². The highest BCUT2D eigenvalue weighted by atomic mass is 32.1. The first kappa shape index (κ1) is 17.2. The van der Waals surface area contributed by atoms with Crippen molar-refractivity contribution in [1.82, 2.24) is 9.88 Å². The van der Waals surface area contributed by atoms with Crippen LogP contribution in [0, 0.1) is 12.8 Å². The van der Waals surface area contributed by atoms with Gasteiger partial charge < -0.3 is 5.32 Å². The van der Waals surface area contributed by atoms with E-state index in [0.717, 1.165) is 53.4 Å². The van der Waals surface area contributed by atoms with Crippen molar-refractivity contribution in [1.29, 1.82) is 0 Å². The van der Waals surface area contributed by atoms with Crippen LogP contribution >= 0.6 is 11.3 Å². The molecule has 1 atom stereocenters. The number of benzene rings is 2. The number of aromatic nitrogens is 1. The van der Waals surface area contributed by atoms with Gasteiger partial charge in [-0.3, -0.25) is 9.69 Å². The van der Waals surface area contributed by atoms with Crippen LogP contribution in [0.5, 0.6) is 0 Å². The molecule has 1 aliphatic heterocycles. The summed E-state index contributed by atoms with van der Waals surface area (Å²) in [6, 6.07) is 16.4. The third kappa shape index (κ3) is 3.94. The van der Waals surface area contributed by atoms with E-state index in [0.29, 0.717) is 0 Å². The lowest BCUT2D eigenvalue weighted by molar-refractivity contribution is -0.121. The number of anilines is 1. The molecule has 134 valence electrons. The van der Waals surface area contributed by atoms with E-state index >= 15 is 0 Å². The Labute approximate surface area is 157 Å². The topological polar surface area (TPSA) is 45.2 Å². The van der Waals surface area contributed by atoms with Crippen LogP contribution in [0.2, 0.25) is 0 Å². The van der Waals surface area contributed by atoms with Gasteiger partial charge in [0.25, 0.3) is 0 Å². The van der Waals surface area contributed by atoms with Crippen molar-refractivity contribution >= 4 is 33.1 Å². The Hall–Kier alpha value is -2.24. The van der Waals surface area contributed by atoms with Crippen LogP contribution in [0.1, 0.15) is 23.4 Å². The third-order valence-electron chi connectivity index (χ3n) is 4.89. The molecule has 0 saturated carbocycles. The maximum atomic E-state index is 12.8. The number of aryl methyl sites for hydroxylation is 1. The SMILES string of the molecule is Cc1nc2ccc(NC(=O)C3CCCN(Cc4ccccc4)C3)cc2s1. The minimum Gasteiger partial charge on any atom is -0.326 e. The molecule has 1 fully saturated rings. The number of nitrogens with zero attached hydrogens (tertiary/aromatic N) is 2. The maximum Gasteiger partial charge on any atom is 0.228 e. The van der Waals surface area contributed by atoms with Gasteiger partial charge in [-0.1, -0.05) is 30.3 Å². The lowest BCUT2D eigenvalue weighted by atomic mass is 9.96. The average molecular weight is 366 g/mol. The summed E-state index contributed by atoms with van der Waals surface area (Å²) in [5.74, 6) is 0.176. The highest BCUT2D eigenvalue weighted by Crippen LogP contribution is 2.26. The molecule has 2 aromatic carbocycles. The van der Waals surface area contributed by atoms with E-state index in [1.807, 2.05) is 31.2 Å². The largest absolute Gasteiger partial charge is 0.326 e. The highest BCUT2D eigenvalue weighted by molar-refractivity contribution is 7.18. The number of amides is 1. The molecule has 1 amide bonds. The summed E-state index contributed by atoms with van der Waals surface area (Å²) in [6.07, 6.45) is 2.02. The molecule has 0 aliphatic carbocycles. The Kier molecular flexibility index (Phi) is 5.00. The molecular weight excluding hydrogens is 342 g/mol. The van der Waals surface area contributed by atoms with E-state index < -0.39 is 0 Å². The lowest BCUT2D eigenvalue weighted by Crippen LogP contribution is -2.40. The van der Waals surface area contributed by atoms with Crippen LogP contribution in [0.3, 0.4) is 0 Å². The Bertz CT molecular complexity index is 906. The molecular formula is C21H23N3OS. The van der Waals surface area contributed by atoms with E-state index in [1.54, 1.807) is 11.3 Å². The standard InChI is InChI=1S/C21H23N3OS/c1-15-22-19-10-9-18(12-20(19)26-15)23-21(25)17-8-5-11-24(14-17)13-16-6-3-2-4-7-16/h2-4,6-7,9-10,12,17H,5,8,11,13-14H2,1H3,(H,23,25). The van der Waals surface area contributed by atoms with Gasteiger partial charge in [-0.2, -0.15) is 0 Å². The van der Waals surface area contributed by atoms with Gasteiger partial charge in [0.2, 0.25) is 5.91 Å². The van der Waals surface area contributed by atoms with E-state index in [2.05, 4.69) is 39.5 Å². The second kappa shape index (κ2) is 7.56. The van der Waals surface area contributed by atoms with Crippen LogP contribution in [-0.2, 0) is 11.3 Å². The molecule has 4 nitrogen and oxygen atoms in total. The molecule has 1 N–H and O–H groups in total. The monoisotopic (exact) mass is 365 g/mol. The van der Waals surface area contributed by atoms with E-state index in [-0.39, 0.29) is 11.8 Å². The van der Waals surface area contributed by atoms with Crippen molar-refractivity contribution in [2.24, 2.45) is 5.92 Å². The van der Waals surface area contributed by atoms with Crippen molar-refractivity contribution in [3.05, 3.63) is 59.1 Å². The molecule has 0 spiro atoms.